The molecule has 2 spiro atoms. The van der Waals surface area contributed by atoms with Gasteiger partial charge in [-0.15, -0.1) is 0 Å². The molecule has 25 heteroatoms. The van der Waals surface area contributed by atoms with Gasteiger partial charge in [-0.05, 0) is 163 Å². The van der Waals surface area contributed by atoms with E-state index in [1.165, 1.54) is 84.4 Å². The first-order chi connectivity index (χ1) is 44.6. The molecular formula is C68H74BBr5N11O7Si. The Morgan fingerprint density at radius 1 is 0.602 bits per heavy atom. The molecule has 0 bridgehead atoms. The van der Waals surface area contributed by atoms with E-state index >= 15 is 0 Å². The quantitative estimate of drug-likeness (QED) is 0.0967. The van der Waals surface area contributed by atoms with Gasteiger partial charge in [-0.3, -0.25) is 4.79 Å². The average molecular weight is 1600 g/mol. The van der Waals surface area contributed by atoms with E-state index < -0.39 is 19.5 Å². The maximum atomic E-state index is 11.1. The minimum absolute atomic E-state index is 0.169. The van der Waals surface area contributed by atoms with Crippen LogP contribution in [0.4, 0.5) is 0 Å². The Balaban J connectivity index is 0.000000144. The molecule has 2 aromatic heterocycles. The van der Waals surface area contributed by atoms with Gasteiger partial charge in [0, 0.05) is 96.8 Å². The lowest BCUT2D eigenvalue weighted by atomic mass is 9.78. The molecule has 4 atom stereocenters. The van der Waals surface area contributed by atoms with Gasteiger partial charge < -0.3 is 45.9 Å². The van der Waals surface area contributed by atoms with Gasteiger partial charge in [0.1, 0.15) is 46.0 Å². The molecule has 0 amide bonds. The number of ketones is 1. The van der Waals surface area contributed by atoms with Crippen molar-refractivity contribution in [1.29, 1.82) is 10.5 Å². The largest absolute Gasteiger partial charge is 0.569 e. The number of hydrogen-bond acceptors (Lipinski definition) is 18. The van der Waals surface area contributed by atoms with Gasteiger partial charge in [0.15, 0.2) is 8.32 Å². The third kappa shape index (κ3) is 19.9. The van der Waals surface area contributed by atoms with Crippen molar-refractivity contribution in [2.24, 2.45) is 27.2 Å². The molecule has 5 aliphatic carbocycles. The first kappa shape index (κ1) is 72.6. The van der Waals surface area contributed by atoms with Crippen LogP contribution in [-0.4, -0.2) is 106 Å². The van der Waals surface area contributed by atoms with Crippen LogP contribution in [0.3, 0.4) is 0 Å². The van der Waals surface area contributed by atoms with E-state index in [2.05, 4.69) is 195 Å². The van der Waals surface area contributed by atoms with Gasteiger partial charge in [0.2, 0.25) is 0 Å². The van der Waals surface area contributed by atoms with Crippen molar-refractivity contribution < 1.29 is 33.5 Å². The van der Waals surface area contributed by atoms with Gasteiger partial charge in [0.25, 0.3) is 12.0 Å². The van der Waals surface area contributed by atoms with Crippen molar-refractivity contribution in [2.75, 3.05) is 19.6 Å². The minimum atomic E-state index is -1.71. The molecule has 485 valence electrons. The van der Waals surface area contributed by atoms with Crippen LogP contribution in [0.25, 0.3) is 11.1 Å². The zero-order valence-electron chi connectivity index (χ0n) is 52.1. The molecule has 5 aromatic carbocycles. The second-order valence-corrected chi connectivity index (χ2v) is 32.7. The van der Waals surface area contributed by atoms with Crippen LogP contribution >= 0.6 is 79.6 Å². The first-order valence-electron chi connectivity index (χ1n) is 30.4. The van der Waals surface area contributed by atoms with Crippen LogP contribution < -0.4 is 21.9 Å². The SMILES string of the molecule is C[Si](C)(C)OC1(C#N)CCc2c(Br)cccc2C1.N#CBr.NC1=NCC2(CCc3c(Br)cccc3C2)O1.NC1=NCC2(CCc3c(cccc3-c3cncnc3)C2)O1.NCC1(O)CCc2c(Br)cccc2C1.O=C1CCc2c(Br)cccc2C1.O[B]Oc1cncnc1. The van der Waals surface area contributed by atoms with Crippen LogP contribution in [0.2, 0.25) is 19.6 Å². The summed E-state index contributed by atoms with van der Waals surface area (Å²) in [5.41, 5.74) is 30.5. The summed E-state index contributed by atoms with van der Waals surface area (Å²) in [6.45, 7) is 8.13. The molecule has 7 aliphatic rings. The molecule has 0 saturated heterocycles. The highest BCUT2D eigenvalue weighted by atomic mass is 79.9. The first-order valence-corrected chi connectivity index (χ1v) is 37.8. The van der Waals surface area contributed by atoms with Crippen molar-refractivity contribution in [1.82, 2.24) is 19.9 Å². The van der Waals surface area contributed by atoms with Crippen LogP contribution in [0.15, 0.2) is 156 Å². The van der Waals surface area contributed by atoms with Crippen molar-refractivity contribution in [3.8, 4) is 27.9 Å². The van der Waals surface area contributed by atoms with Crippen molar-refractivity contribution in [3.63, 3.8) is 0 Å². The molecule has 2 aliphatic heterocycles. The topological polar surface area (TPSA) is 296 Å². The lowest BCUT2D eigenvalue weighted by Gasteiger charge is -2.37. The number of fused-ring (bicyclic) bond motifs is 5. The number of carbonyl (C=O) groups is 1. The number of benzene rings is 5. The minimum Gasteiger partial charge on any atom is -0.535 e. The normalized spacial score (nSPS) is 21.4. The fourth-order valence-corrected chi connectivity index (χ4v) is 16.3. The molecule has 0 saturated carbocycles. The monoisotopic (exact) mass is 1590 g/mol. The Labute approximate surface area is 587 Å². The smallest absolute Gasteiger partial charge is 0.535 e. The van der Waals surface area contributed by atoms with Gasteiger partial charge in [0.05, 0.1) is 37.2 Å². The third-order valence-corrected chi connectivity index (χ3v) is 20.8. The number of nitriles is 2. The highest BCUT2D eigenvalue weighted by Gasteiger charge is 2.43. The molecule has 4 heterocycles. The maximum Gasteiger partial charge on any atom is 0.569 e. The lowest BCUT2D eigenvalue weighted by Crippen LogP contribution is -2.45. The number of aliphatic imine (C=N–C) groups is 2. The van der Waals surface area contributed by atoms with Gasteiger partial charge in [-0.1, -0.05) is 130 Å². The zero-order valence-corrected chi connectivity index (χ0v) is 61.0. The predicted molar refractivity (Wildman–Crippen MR) is 382 cm³/mol. The number of aliphatic hydroxyl groups is 1. The second kappa shape index (κ2) is 33.4. The lowest BCUT2D eigenvalue weighted by molar-refractivity contribution is -0.118. The van der Waals surface area contributed by atoms with Crippen molar-refractivity contribution in [2.45, 2.75) is 138 Å². The van der Waals surface area contributed by atoms with Crippen LogP contribution in [-0.2, 0) is 82.9 Å². The Bertz CT molecular complexity index is 3880. The van der Waals surface area contributed by atoms with Crippen LogP contribution in [0.1, 0.15) is 87.7 Å². The van der Waals surface area contributed by atoms with Gasteiger partial charge in [-0.25, -0.2) is 29.9 Å². The molecule has 18 nitrogen and oxygen atoms in total. The Morgan fingerprint density at radius 3 is 1.51 bits per heavy atom. The molecular weight excluding hydrogens is 1520 g/mol. The highest BCUT2D eigenvalue weighted by Crippen LogP contribution is 2.41. The molecule has 4 unspecified atom stereocenters. The Kier molecular flexibility index (Phi) is 26.1. The van der Waals surface area contributed by atoms with Crippen LogP contribution in [0.5, 0.6) is 5.75 Å². The molecule has 14 rings (SSSR count). The van der Waals surface area contributed by atoms with E-state index in [-0.39, 0.29) is 11.2 Å². The van der Waals surface area contributed by atoms with E-state index in [4.69, 9.17) is 41.4 Å². The molecule has 8 N–H and O–H groups in total. The van der Waals surface area contributed by atoms with Crippen molar-refractivity contribution in [3.05, 3.63) is 202 Å². The summed E-state index contributed by atoms with van der Waals surface area (Å²) in [5, 5.41) is 35.0. The number of carbonyl (C=O) groups excluding carboxylic acids is 1. The number of amidine groups is 2. The number of nitrogens with two attached hydrogens (primary N) is 3. The third-order valence-electron chi connectivity index (χ3n) is 16.8. The van der Waals surface area contributed by atoms with Gasteiger partial charge >= 0.3 is 7.69 Å². The summed E-state index contributed by atoms with van der Waals surface area (Å²) < 4.78 is 26.8. The maximum absolute atomic E-state index is 11.1. The fraction of sp³-hybridized carbons (Fsp3) is 0.368. The average Bonchev–Trinajstić information content (AvgIpc) is 1.78. The predicted octanol–water partition coefficient (Wildman–Crippen LogP) is 12.2. The van der Waals surface area contributed by atoms with E-state index in [0.717, 1.165) is 89.6 Å². The summed E-state index contributed by atoms with van der Waals surface area (Å²) in [6, 6.07) is 34.2. The Hall–Kier alpha value is -6.23. The summed E-state index contributed by atoms with van der Waals surface area (Å²) in [4.78, 5) is 36.6. The highest BCUT2D eigenvalue weighted by molar-refractivity contribution is 9.12. The summed E-state index contributed by atoms with van der Waals surface area (Å²) >= 11 is 16.7. The van der Waals surface area contributed by atoms with E-state index in [9.17, 15) is 15.2 Å². The van der Waals surface area contributed by atoms with Gasteiger partial charge in [-0.2, -0.15) is 10.5 Å². The number of nitrogens with zero attached hydrogens (tertiary/aromatic N) is 8. The standard InChI is InChI=1S/C16H16N4O.C14H18BrNOSi.C12H13BrN2O.C11H14BrNO.C10H9BrO.C4H4BN2O2.CBrN/c17-15-20-9-16(21-15)5-4-14-11(6-16)2-1-3-13(14)12-7-18-10-19-8-12;1-18(2,3)17-14(10-16)8-7-12-11(9-14)5-4-6-13(12)15;13-10-3-1-2-8-6-12(5-4-9(8)10)7-15-11(14)16-12;12-10-3-1-2-8-6-11(14,7-13)5-4-9(8)10;11-10-3-1-2-7-6-8(12)4-5-9(7)10;8-5-9-4-1-6-3-7-2-4;2-1-3/h1-3,7-8,10H,4-6,9H2,(H2,17,20);4-6H,7-9H2,1-3H3;1-3H,4-7H2,(H2,14,15);1-3,14H,4-7,13H2;1-3H,4-6H2;1-3,8H;. The zero-order chi connectivity index (χ0) is 66.8. The number of rotatable bonds is 6. The number of ether oxygens (including phenoxy) is 2. The number of aromatic nitrogens is 4. The fourth-order valence-electron chi connectivity index (χ4n) is 12.5. The number of hydrogen-bond donors (Lipinski definition) is 5. The Morgan fingerprint density at radius 2 is 1.03 bits per heavy atom. The van der Waals surface area contributed by atoms with E-state index in [1.807, 2.05) is 48.8 Å². The number of halogens is 5. The summed E-state index contributed by atoms with van der Waals surface area (Å²) in [5.74, 6) is 0.778. The number of Topliss-reactive ketones (excluding diaryl/α,β-unsaturated/α-hetero) is 1. The summed E-state index contributed by atoms with van der Waals surface area (Å²) in [7, 11) is -1.12. The van der Waals surface area contributed by atoms with Crippen LogP contribution in [0, 0.1) is 21.6 Å². The molecule has 7 aromatic rings. The molecule has 1 radical (unpaired) electrons. The van der Waals surface area contributed by atoms with E-state index in [0.29, 0.717) is 76.6 Å². The molecule has 93 heavy (non-hydrogen) atoms. The summed E-state index contributed by atoms with van der Waals surface area (Å²) in [6.07, 6.45) is 22.2. The molecule has 0 fully saturated rings. The second-order valence-electron chi connectivity index (χ2n) is 24.5. The van der Waals surface area contributed by atoms with E-state index in [1.54, 1.807) is 11.3 Å². The van der Waals surface area contributed by atoms with Crippen molar-refractivity contribution >= 4 is 113 Å².